The third-order valence-corrected chi connectivity index (χ3v) is 7.00. The molecule has 1 atom stereocenters. The van der Waals surface area contributed by atoms with Gasteiger partial charge in [-0.05, 0) is 38.8 Å². The normalized spacial score (nSPS) is 19.6. The van der Waals surface area contributed by atoms with Gasteiger partial charge in [0.1, 0.15) is 5.76 Å². The summed E-state index contributed by atoms with van der Waals surface area (Å²) in [6.07, 6.45) is 1.19. The first kappa shape index (κ1) is 21.5. The molecule has 2 aromatic rings. The van der Waals surface area contributed by atoms with Crippen molar-refractivity contribution in [2.24, 2.45) is 0 Å². The predicted octanol–water partition coefficient (Wildman–Crippen LogP) is 1.82. The fourth-order valence-electron chi connectivity index (χ4n) is 3.68. The highest BCUT2D eigenvalue weighted by Crippen LogP contribution is 2.28. The average molecular weight is 422 g/mol. The highest BCUT2D eigenvalue weighted by molar-refractivity contribution is 7.89. The topological polar surface area (TPSA) is 102 Å². The van der Waals surface area contributed by atoms with E-state index in [0.29, 0.717) is 44.0 Å². The fourth-order valence-corrected chi connectivity index (χ4v) is 5.15. The zero-order valence-corrected chi connectivity index (χ0v) is 17.8. The number of hydrogen-bond acceptors (Lipinski definition) is 6. The van der Waals surface area contributed by atoms with Gasteiger partial charge < -0.3 is 14.2 Å². The number of carbonyl (C=O) groups excluding carboxylic acids is 1. The van der Waals surface area contributed by atoms with Gasteiger partial charge in [-0.25, -0.2) is 13.1 Å². The molecule has 1 amide bonds. The SMILES string of the molecule is COCCC1(NS(=O)(=O)c2ccccc2)CCN(C(=O)Cc2c(C)noc2C)C1. The van der Waals surface area contributed by atoms with Gasteiger partial charge in [-0.1, -0.05) is 23.4 Å². The molecule has 1 unspecified atom stereocenters. The highest BCUT2D eigenvalue weighted by atomic mass is 32.2. The van der Waals surface area contributed by atoms with Crippen LogP contribution in [-0.4, -0.2) is 56.7 Å². The molecule has 1 aromatic carbocycles. The number of methoxy groups -OCH3 is 1. The van der Waals surface area contributed by atoms with Crippen LogP contribution in [-0.2, 0) is 26.0 Å². The molecular formula is C20H27N3O5S. The molecule has 1 N–H and O–H groups in total. The van der Waals surface area contributed by atoms with Crippen molar-refractivity contribution in [3.8, 4) is 0 Å². The summed E-state index contributed by atoms with van der Waals surface area (Å²) in [6, 6.07) is 8.25. The average Bonchev–Trinajstić information content (AvgIpc) is 3.25. The number of aromatic nitrogens is 1. The standard InChI is InChI=1S/C20H27N3O5S/c1-15-18(16(2)28-21-15)13-19(24)23-11-9-20(14-23,10-12-27-3)22-29(25,26)17-7-5-4-6-8-17/h4-8,22H,9-14H2,1-3H3. The summed E-state index contributed by atoms with van der Waals surface area (Å²) < 4.78 is 39.0. The maximum atomic E-state index is 12.9. The lowest BCUT2D eigenvalue weighted by atomic mass is 9.96. The summed E-state index contributed by atoms with van der Waals surface area (Å²) in [7, 11) is -2.14. The molecule has 29 heavy (non-hydrogen) atoms. The minimum Gasteiger partial charge on any atom is -0.385 e. The second-order valence-corrected chi connectivity index (χ2v) is 9.17. The third-order valence-electron chi connectivity index (χ3n) is 5.40. The van der Waals surface area contributed by atoms with E-state index >= 15 is 0 Å². The molecule has 0 radical (unpaired) electrons. The van der Waals surface area contributed by atoms with Gasteiger partial charge in [-0.15, -0.1) is 0 Å². The van der Waals surface area contributed by atoms with Crippen molar-refractivity contribution in [1.29, 1.82) is 0 Å². The Morgan fingerprint density at radius 2 is 2.03 bits per heavy atom. The number of nitrogens with zero attached hydrogens (tertiary/aromatic N) is 2. The van der Waals surface area contributed by atoms with E-state index in [1.807, 2.05) is 0 Å². The third kappa shape index (κ3) is 4.85. The number of ether oxygens (including phenoxy) is 1. The Kier molecular flexibility index (Phi) is 6.40. The van der Waals surface area contributed by atoms with Gasteiger partial charge in [-0.2, -0.15) is 0 Å². The van der Waals surface area contributed by atoms with E-state index in [2.05, 4.69) is 9.88 Å². The summed E-state index contributed by atoms with van der Waals surface area (Å²) in [4.78, 5) is 14.8. The second kappa shape index (κ2) is 8.64. The molecule has 1 saturated heterocycles. The zero-order valence-electron chi connectivity index (χ0n) is 17.0. The van der Waals surface area contributed by atoms with E-state index in [1.165, 1.54) is 0 Å². The van der Waals surface area contributed by atoms with E-state index in [-0.39, 0.29) is 17.2 Å². The monoisotopic (exact) mass is 421 g/mol. The van der Waals surface area contributed by atoms with Crippen LogP contribution >= 0.6 is 0 Å². The maximum Gasteiger partial charge on any atom is 0.241 e. The van der Waals surface area contributed by atoms with Crippen LogP contribution in [0.15, 0.2) is 39.8 Å². The minimum atomic E-state index is -3.71. The van der Waals surface area contributed by atoms with Gasteiger partial charge in [-0.3, -0.25) is 4.79 Å². The molecule has 1 fully saturated rings. The Labute approximate surface area is 171 Å². The number of likely N-dealkylation sites (tertiary alicyclic amines) is 1. The molecule has 0 bridgehead atoms. The molecule has 3 rings (SSSR count). The Bertz CT molecular complexity index is 938. The molecule has 1 aliphatic heterocycles. The summed E-state index contributed by atoms with van der Waals surface area (Å²) >= 11 is 0. The van der Waals surface area contributed by atoms with E-state index < -0.39 is 15.6 Å². The minimum absolute atomic E-state index is 0.0717. The number of nitrogens with one attached hydrogen (secondary N) is 1. The van der Waals surface area contributed by atoms with Gasteiger partial charge in [0.15, 0.2) is 0 Å². The molecule has 0 spiro atoms. The van der Waals surface area contributed by atoms with E-state index in [0.717, 1.165) is 5.56 Å². The van der Waals surface area contributed by atoms with Crippen molar-refractivity contribution in [3.63, 3.8) is 0 Å². The number of benzene rings is 1. The maximum absolute atomic E-state index is 12.9. The fraction of sp³-hybridized carbons (Fsp3) is 0.500. The van der Waals surface area contributed by atoms with Crippen LogP contribution in [0.1, 0.15) is 29.9 Å². The van der Waals surface area contributed by atoms with E-state index in [1.54, 1.807) is 56.2 Å². The second-order valence-electron chi connectivity index (χ2n) is 7.49. The van der Waals surface area contributed by atoms with Crippen molar-refractivity contribution >= 4 is 15.9 Å². The molecule has 0 aliphatic carbocycles. The smallest absolute Gasteiger partial charge is 0.241 e. The van der Waals surface area contributed by atoms with Gasteiger partial charge in [0.2, 0.25) is 15.9 Å². The number of hydrogen-bond donors (Lipinski definition) is 1. The highest BCUT2D eigenvalue weighted by Gasteiger charge is 2.42. The van der Waals surface area contributed by atoms with Gasteiger partial charge in [0.25, 0.3) is 0 Å². The number of amides is 1. The molecular weight excluding hydrogens is 394 g/mol. The lowest BCUT2D eigenvalue weighted by Gasteiger charge is -2.30. The molecule has 9 heteroatoms. The first-order valence-electron chi connectivity index (χ1n) is 9.54. The molecule has 2 heterocycles. The van der Waals surface area contributed by atoms with Crippen molar-refractivity contribution in [3.05, 3.63) is 47.3 Å². The molecule has 158 valence electrons. The molecule has 8 nitrogen and oxygen atoms in total. The Hall–Kier alpha value is -2.23. The lowest BCUT2D eigenvalue weighted by Crippen LogP contribution is -2.51. The molecule has 1 aliphatic rings. The van der Waals surface area contributed by atoms with Crippen molar-refractivity contribution in [2.45, 2.75) is 43.5 Å². The van der Waals surface area contributed by atoms with E-state index in [4.69, 9.17) is 9.26 Å². The number of sulfonamides is 1. The van der Waals surface area contributed by atoms with Crippen molar-refractivity contribution in [2.75, 3.05) is 26.8 Å². The Morgan fingerprint density at radius 1 is 1.31 bits per heavy atom. The lowest BCUT2D eigenvalue weighted by molar-refractivity contribution is -0.129. The Morgan fingerprint density at radius 3 is 2.66 bits per heavy atom. The van der Waals surface area contributed by atoms with Gasteiger partial charge >= 0.3 is 0 Å². The Balaban J connectivity index is 1.76. The van der Waals surface area contributed by atoms with Crippen molar-refractivity contribution in [1.82, 2.24) is 14.8 Å². The summed E-state index contributed by atoms with van der Waals surface area (Å²) in [5, 5.41) is 3.89. The number of aryl methyl sites for hydroxylation is 2. The van der Waals surface area contributed by atoms with Crippen LogP contribution in [0.2, 0.25) is 0 Å². The van der Waals surface area contributed by atoms with Crippen LogP contribution in [0.3, 0.4) is 0 Å². The van der Waals surface area contributed by atoms with Crippen molar-refractivity contribution < 1.29 is 22.5 Å². The summed E-state index contributed by atoms with van der Waals surface area (Å²) in [6.45, 7) is 4.75. The van der Waals surface area contributed by atoms with Crippen LogP contribution in [0.25, 0.3) is 0 Å². The van der Waals surface area contributed by atoms with Gasteiger partial charge in [0.05, 0.1) is 22.5 Å². The first-order chi connectivity index (χ1) is 13.8. The van der Waals surface area contributed by atoms with Crippen LogP contribution in [0.4, 0.5) is 0 Å². The van der Waals surface area contributed by atoms with Crippen LogP contribution in [0, 0.1) is 13.8 Å². The van der Waals surface area contributed by atoms with Crippen LogP contribution < -0.4 is 4.72 Å². The van der Waals surface area contributed by atoms with Gasteiger partial charge in [0, 0.05) is 32.4 Å². The summed E-state index contributed by atoms with van der Waals surface area (Å²) in [5.74, 6) is 0.558. The largest absolute Gasteiger partial charge is 0.385 e. The quantitative estimate of drug-likeness (QED) is 0.698. The van der Waals surface area contributed by atoms with Crippen LogP contribution in [0.5, 0.6) is 0 Å². The first-order valence-corrected chi connectivity index (χ1v) is 11.0. The molecule has 1 aromatic heterocycles. The number of carbonyl (C=O) groups is 1. The number of rotatable bonds is 8. The zero-order chi connectivity index (χ0) is 21.1. The summed E-state index contributed by atoms with van der Waals surface area (Å²) in [5.41, 5.74) is 0.721. The predicted molar refractivity (Wildman–Crippen MR) is 107 cm³/mol. The van der Waals surface area contributed by atoms with E-state index in [9.17, 15) is 13.2 Å². The molecule has 0 saturated carbocycles.